The fraction of sp³-hybridized carbons (Fsp3) is 0.579. The standard InChI is InChI=1S/C19H23ClF4N4O2/c20-13-9-12(1-2-14(13)21)15(16-17(29)26-5-8-28(16)18(25)30)11-3-6-27(7-4-11)10-19(22,23)24/h1-2,9,11,15-16H,3-8,10H2,(H2,25,30)(H,26,29)/t15-,16?/m0/s1. The molecule has 0 aliphatic carbocycles. The van der Waals surface area contributed by atoms with Gasteiger partial charge in [0.2, 0.25) is 5.91 Å². The number of piperazine rings is 1. The Morgan fingerprint density at radius 3 is 2.50 bits per heavy atom. The quantitative estimate of drug-likeness (QED) is 0.692. The molecule has 11 heteroatoms. The Bertz CT molecular complexity index is 799. The molecule has 0 spiro atoms. The fourth-order valence-corrected chi connectivity index (χ4v) is 4.63. The number of urea groups is 1. The Morgan fingerprint density at radius 2 is 1.93 bits per heavy atom. The first-order valence-electron chi connectivity index (χ1n) is 9.64. The van der Waals surface area contributed by atoms with Crippen LogP contribution >= 0.6 is 11.6 Å². The van der Waals surface area contributed by atoms with E-state index in [2.05, 4.69) is 5.32 Å². The molecule has 0 saturated carbocycles. The maximum atomic E-state index is 13.7. The van der Waals surface area contributed by atoms with Gasteiger partial charge >= 0.3 is 12.2 Å². The predicted molar refractivity (Wildman–Crippen MR) is 102 cm³/mol. The van der Waals surface area contributed by atoms with Gasteiger partial charge in [-0.2, -0.15) is 13.2 Å². The van der Waals surface area contributed by atoms with Crippen molar-refractivity contribution < 1.29 is 27.2 Å². The number of rotatable bonds is 4. The highest BCUT2D eigenvalue weighted by atomic mass is 35.5. The summed E-state index contributed by atoms with van der Waals surface area (Å²) in [4.78, 5) is 27.3. The zero-order valence-electron chi connectivity index (χ0n) is 16.1. The Labute approximate surface area is 176 Å². The molecule has 0 bridgehead atoms. The molecule has 1 unspecified atom stereocenters. The number of hydrogen-bond donors (Lipinski definition) is 2. The highest BCUT2D eigenvalue weighted by Crippen LogP contribution is 2.39. The van der Waals surface area contributed by atoms with Gasteiger partial charge in [-0.05, 0) is 49.5 Å². The third kappa shape index (κ3) is 5.15. The third-order valence-corrected chi connectivity index (χ3v) is 6.04. The molecule has 2 saturated heterocycles. The van der Waals surface area contributed by atoms with Crippen LogP contribution in [0.2, 0.25) is 5.02 Å². The van der Waals surface area contributed by atoms with Crippen molar-refractivity contribution in [3.8, 4) is 0 Å². The van der Waals surface area contributed by atoms with Crippen LogP contribution in [0.5, 0.6) is 0 Å². The second-order valence-corrected chi connectivity index (χ2v) is 8.10. The van der Waals surface area contributed by atoms with Crippen LogP contribution in [-0.2, 0) is 4.79 Å². The lowest BCUT2D eigenvalue weighted by molar-refractivity contribution is -0.149. The van der Waals surface area contributed by atoms with E-state index in [1.54, 1.807) is 0 Å². The highest BCUT2D eigenvalue weighted by Gasteiger charge is 2.44. The molecule has 3 N–H and O–H groups in total. The van der Waals surface area contributed by atoms with Crippen LogP contribution in [0.3, 0.4) is 0 Å². The van der Waals surface area contributed by atoms with E-state index in [0.717, 1.165) is 0 Å². The minimum absolute atomic E-state index is 0.131. The normalized spacial score (nSPS) is 22.6. The molecule has 30 heavy (non-hydrogen) atoms. The molecule has 1 aromatic rings. The van der Waals surface area contributed by atoms with E-state index in [1.165, 1.54) is 28.0 Å². The van der Waals surface area contributed by atoms with Gasteiger partial charge in [-0.1, -0.05) is 17.7 Å². The largest absolute Gasteiger partial charge is 0.401 e. The van der Waals surface area contributed by atoms with Crippen molar-refractivity contribution >= 4 is 23.5 Å². The van der Waals surface area contributed by atoms with Crippen molar-refractivity contribution in [1.29, 1.82) is 0 Å². The summed E-state index contributed by atoms with van der Waals surface area (Å²) in [6, 6.07) is 2.37. The van der Waals surface area contributed by atoms with Gasteiger partial charge in [0, 0.05) is 19.0 Å². The Morgan fingerprint density at radius 1 is 1.27 bits per heavy atom. The fourth-order valence-electron chi connectivity index (χ4n) is 4.44. The van der Waals surface area contributed by atoms with Crippen molar-refractivity contribution in [2.75, 3.05) is 32.7 Å². The first-order valence-corrected chi connectivity index (χ1v) is 10.0. The van der Waals surface area contributed by atoms with Gasteiger partial charge in [0.1, 0.15) is 11.9 Å². The lowest BCUT2D eigenvalue weighted by atomic mass is 9.74. The van der Waals surface area contributed by atoms with E-state index in [1.807, 2.05) is 0 Å². The first-order chi connectivity index (χ1) is 14.1. The van der Waals surface area contributed by atoms with Crippen molar-refractivity contribution in [2.45, 2.75) is 31.0 Å². The Hall–Kier alpha value is -2.07. The van der Waals surface area contributed by atoms with E-state index in [0.29, 0.717) is 18.4 Å². The smallest absolute Gasteiger partial charge is 0.353 e. The number of carbonyl (C=O) groups excluding carboxylic acids is 2. The SMILES string of the molecule is NC(=O)N1CCNC(=O)C1[C@H](c1ccc(F)c(Cl)c1)C1CCN(CC(F)(F)F)CC1. The number of primary amides is 1. The number of alkyl halides is 3. The Balaban J connectivity index is 1.91. The first kappa shape index (κ1) is 22.6. The van der Waals surface area contributed by atoms with Gasteiger partial charge < -0.3 is 16.0 Å². The monoisotopic (exact) mass is 450 g/mol. The second-order valence-electron chi connectivity index (χ2n) is 7.70. The molecule has 166 valence electrons. The summed E-state index contributed by atoms with van der Waals surface area (Å²) >= 11 is 5.95. The van der Waals surface area contributed by atoms with Gasteiger partial charge in [0.25, 0.3) is 0 Å². The predicted octanol–water partition coefficient (Wildman–Crippen LogP) is 2.72. The number of carbonyl (C=O) groups is 2. The van der Waals surface area contributed by atoms with Gasteiger partial charge in [-0.25, -0.2) is 9.18 Å². The topological polar surface area (TPSA) is 78.7 Å². The van der Waals surface area contributed by atoms with Crippen molar-refractivity contribution in [3.63, 3.8) is 0 Å². The number of nitrogens with two attached hydrogens (primary N) is 1. The summed E-state index contributed by atoms with van der Waals surface area (Å²) in [5, 5.41) is 2.59. The van der Waals surface area contributed by atoms with Crippen LogP contribution in [-0.4, -0.2) is 66.7 Å². The zero-order chi connectivity index (χ0) is 22.1. The maximum absolute atomic E-state index is 13.7. The van der Waals surface area contributed by atoms with Crippen molar-refractivity contribution in [1.82, 2.24) is 15.1 Å². The molecular formula is C19H23ClF4N4O2. The van der Waals surface area contributed by atoms with Gasteiger partial charge in [-0.3, -0.25) is 9.69 Å². The van der Waals surface area contributed by atoms with Crippen LogP contribution in [0, 0.1) is 11.7 Å². The van der Waals surface area contributed by atoms with Gasteiger partial charge in [0.15, 0.2) is 0 Å². The summed E-state index contributed by atoms with van der Waals surface area (Å²) in [5.74, 6) is -1.82. The third-order valence-electron chi connectivity index (χ3n) is 5.75. The minimum Gasteiger partial charge on any atom is -0.353 e. The van der Waals surface area contributed by atoms with Gasteiger partial charge in [0.05, 0.1) is 11.6 Å². The summed E-state index contributed by atoms with van der Waals surface area (Å²) in [6.07, 6.45) is -3.53. The van der Waals surface area contributed by atoms with E-state index >= 15 is 0 Å². The second kappa shape index (κ2) is 8.97. The molecule has 3 rings (SSSR count). The van der Waals surface area contributed by atoms with E-state index in [4.69, 9.17) is 17.3 Å². The van der Waals surface area contributed by atoms with Crippen LogP contribution in [0.1, 0.15) is 24.3 Å². The lowest BCUT2D eigenvalue weighted by Gasteiger charge is -2.44. The molecule has 6 nitrogen and oxygen atoms in total. The summed E-state index contributed by atoms with van der Waals surface area (Å²) < 4.78 is 51.9. The van der Waals surface area contributed by atoms with Crippen LogP contribution in [0.15, 0.2) is 18.2 Å². The van der Waals surface area contributed by atoms with E-state index in [9.17, 15) is 27.2 Å². The number of likely N-dealkylation sites (tertiary alicyclic amines) is 1. The summed E-state index contributed by atoms with van der Waals surface area (Å²) in [6.45, 7) is -0.144. The maximum Gasteiger partial charge on any atom is 0.401 e. The average molecular weight is 451 g/mol. The zero-order valence-corrected chi connectivity index (χ0v) is 16.8. The van der Waals surface area contributed by atoms with Gasteiger partial charge in [-0.15, -0.1) is 0 Å². The van der Waals surface area contributed by atoms with Crippen LogP contribution < -0.4 is 11.1 Å². The molecule has 3 amide bonds. The highest BCUT2D eigenvalue weighted by molar-refractivity contribution is 6.30. The van der Waals surface area contributed by atoms with Crippen LogP contribution in [0.4, 0.5) is 22.4 Å². The number of amides is 3. The number of nitrogens with one attached hydrogen (secondary N) is 1. The van der Waals surface area contributed by atoms with Crippen molar-refractivity contribution in [3.05, 3.63) is 34.6 Å². The summed E-state index contributed by atoms with van der Waals surface area (Å²) in [5.41, 5.74) is 6.04. The van der Waals surface area contributed by atoms with Crippen LogP contribution in [0.25, 0.3) is 0 Å². The lowest BCUT2D eigenvalue weighted by Crippen LogP contribution is -2.61. The average Bonchev–Trinajstić information content (AvgIpc) is 2.66. The molecule has 2 atom stereocenters. The number of piperidine rings is 1. The van der Waals surface area contributed by atoms with Crippen molar-refractivity contribution in [2.24, 2.45) is 11.7 Å². The molecule has 0 radical (unpaired) electrons. The number of hydrogen-bond acceptors (Lipinski definition) is 3. The molecular weight excluding hydrogens is 428 g/mol. The molecule has 0 aromatic heterocycles. The Kier molecular flexibility index (Phi) is 6.76. The molecule has 2 aliphatic heterocycles. The molecule has 2 aliphatic rings. The minimum atomic E-state index is -4.29. The molecule has 2 heterocycles. The number of halogens is 5. The van der Waals surface area contributed by atoms with E-state index in [-0.39, 0.29) is 37.1 Å². The van der Waals surface area contributed by atoms with E-state index < -0.39 is 42.4 Å². The number of nitrogens with zero attached hydrogens (tertiary/aromatic N) is 2. The summed E-state index contributed by atoms with van der Waals surface area (Å²) in [7, 11) is 0. The molecule has 2 fully saturated rings. The number of benzene rings is 1. The molecule has 1 aromatic carbocycles.